The van der Waals surface area contributed by atoms with Crippen molar-refractivity contribution < 1.29 is 18.9 Å². The van der Waals surface area contributed by atoms with Gasteiger partial charge in [-0.2, -0.15) is 0 Å². The summed E-state index contributed by atoms with van der Waals surface area (Å²) >= 11 is 0. The topological polar surface area (TPSA) is 69.2 Å². The van der Waals surface area contributed by atoms with Gasteiger partial charge in [-0.25, -0.2) is 0 Å². The van der Waals surface area contributed by atoms with Crippen molar-refractivity contribution in [3.05, 3.63) is 83.9 Å². The molecule has 0 atom stereocenters. The van der Waals surface area contributed by atoms with Gasteiger partial charge in [0.25, 0.3) is 0 Å². The fraction of sp³-hybridized carbons (Fsp3) is 0.371. The normalized spacial score (nSPS) is 14.0. The van der Waals surface area contributed by atoms with Crippen LogP contribution < -0.4 is 18.9 Å². The van der Waals surface area contributed by atoms with Gasteiger partial charge in [0.05, 0.1) is 39.8 Å². The monoisotopic (exact) mass is 582 g/mol. The van der Waals surface area contributed by atoms with Crippen molar-refractivity contribution in [3.8, 4) is 45.3 Å². The minimum Gasteiger partial charge on any atom is -0.497 e. The highest BCUT2D eigenvalue weighted by molar-refractivity contribution is 5.71. The van der Waals surface area contributed by atoms with Gasteiger partial charge in [0.1, 0.15) is 5.75 Å². The van der Waals surface area contributed by atoms with Crippen LogP contribution in [0.1, 0.15) is 30.3 Å². The number of nitrogens with zero attached hydrogens (tertiary/aromatic N) is 4. The summed E-state index contributed by atoms with van der Waals surface area (Å²) in [6.07, 6.45) is 5.94. The van der Waals surface area contributed by atoms with Crippen LogP contribution in [-0.2, 0) is 19.5 Å². The second-order valence-electron chi connectivity index (χ2n) is 10.9. The van der Waals surface area contributed by atoms with Crippen LogP contribution in [0.5, 0.6) is 23.0 Å². The van der Waals surface area contributed by atoms with E-state index in [4.69, 9.17) is 23.9 Å². The third-order valence-electron chi connectivity index (χ3n) is 7.94. The van der Waals surface area contributed by atoms with E-state index in [1.165, 1.54) is 16.7 Å². The fourth-order valence-corrected chi connectivity index (χ4v) is 5.68. The van der Waals surface area contributed by atoms with E-state index in [9.17, 15) is 0 Å². The average Bonchev–Trinajstić information content (AvgIpc) is 3.05. The number of methoxy groups -OCH3 is 4. The van der Waals surface area contributed by atoms with Crippen molar-refractivity contribution >= 4 is 0 Å². The molecule has 0 aliphatic carbocycles. The maximum Gasteiger partial charge on any atom is 0.203 e. The molecule has 8 heteroatoms. The predicted molar refractivity (Wildman–Crippen MR) is 170 cm³/mol. The number of aromatic nitrogens is 2. The van der Waals surface area contributed by atoms with E-state index < -0.39 is 0 Å². The lowest BCUT2D eigenvalue weighted by Crippen LogP contribution is -2.45. The van der Waals surface area contributed by atoms with Crippen LogP contribution in [0.15, 0.2) is 67.0 Å². The Labute approximate surface area is 255 Å². The molecular weight excluding hydrogens is 540 g/mol. The zero-order chi connectivity index (χ0) is 30.2. The van der Waals surface area contributed by atoms with Crippen LogP contribution in [-0.4, -0.2) is 74.4 Å². The molecule has 226 valence electrons. The van der Waals surface area contributed by atoms with Crippen LogP contribution >= 0.6 is 0 Å². The Bertz CT molecular complexity index is 1490. The van der Waals surface area contributed by atoms with Crippen molar-refractivity contribution in [1.82, 2.24) is 19.8 Å². The summed E-state index contributed by atoms with van der Waals surface area (Å²) in [6, 6.07) is 18.9. The molecule has 1 aliphatic rings. The first-order valence-electron chi connectivity index (χ1n) is 14.9. The van der Waals surface area contributed by atoms with Gasteiger partial charge >= 0.3 is 0 Å². The van der Waals surface area contributed by atoms with Crippen LogP contribution in [0.2, 0.25) is 0 Å². The highest BCUT2D eigenvalue weighted by Gasteiger charge is 2.19. The Balaban J connectivity index is 1.21. The van der Waals surface area contributed by atoms with Gasteiger partial charge in [0.2, 0.25) is 5.75 Å². The number of rotatable bonds is 12. The molecule has 43 heavy (non-hydrogen) atoms. The minimum absolute atomic E-state index is 0.587. The molecule has 0 saturated carbocycles. The predicted octanol–water partition coefficient (Wildman–Crippen LogP) is 6.12. The number of piperazine rings is 1. The van der Waals surface area contributed by atoms with E-state index in [0.717, 1.165) is 80.4 Å². The summed E-state index contributed by atoms with van der Waals surface area (Å²) in [5.41, 5.74) is 7.84. The fourth-order valence-electron chi connectivity index (χ4n) is 5.68. The molecule has 0 radical (unpaired) electrons. The van der Waals surface area contributed by atoms with Crippen molar-refractivity contribution in [3.63, 3.8) is 0 Å². The number of hydrogen-bond acceptors (Lipinski definition) is 8. The SMILES string of the molecule is CCCc1cc(OC)cc(-c2ccnc(CN3CCN(Cc4cc(-c5cc(OC)c(OC)c(OC)c5)ccn4)CC3)c2)c1. The Kier molecular flexibility index (Phi) is 10.1. The highest BCUT2D eigenvalue weighted by atomic mass is 16.5. The number of ether oxygens (including phenoxy) is 4. The molecule has 1 saturated heterocycles. The van der Waals surface area contributed by atoms with Gasteiger partial charge in [0.15, 0.2) is 11.5 Å². The lowest BCUT2D eigenvalue weighted by molar-refractivity contribution is 0.120. The molecule has 8 nitrogen and oxygen atoms in total. The molecule has 2 aromatic heterocycles. The molecule has 0 unspecified atom stereocenters. The van der Waals surface area contributed by atoms with Crippen molar-refractivity contribution in [2.45, 2.75) is 32.9 Å². The summed E-state index contributed by atoms with van der Waals surface area (Å²) in [6.45, 7) is 7.77. The first-order chi connectivity index (χ1) is 21.0. The van der Waals surface area contributed by atoms with Crippen LogP contribution in [0.3, 0.4) is 0 Å². The number of aryl methyl sites for hydroxylation is 1. The van der Waals surface area contributed by atoms with Crippen LogP contribution in [0, 0.1) is 0 Å². The summed E-state index contributed by atoms with van der Waals surface area (Å²) in [5.74, 6) is 2.76. The standard InChI is InChI=1S/C35H42N4O4/c1-6-7-25-16-28(20-32(17-25)40-2)26-8-10-36-30(18-26)23-38-12-14-39(15-13-38)24-31-19-27(9-11-37-31)29-21-33(41-3)35(43-5)34(22-29)42-4/h8-11,16-22H,6-7,12-15,23-24H2,1-5H3. The van der Waals surface area contributed by atoms with Gasteiger partial charge in [-0.15, -0.1) is 0 Å². The Morgan fingerprint density at radius 2 is 1.14 bits per heavy atom. The van der Waals surface area contributed by atoms with E-state index in [2.05, 4.69) is 58.1 Å². The second-order valence-corrected chi connectivity index (χ2v) is 10.9. The molecule has 0 bridgehead atoms. The Morgan fingerprint density at radius 3 is 1.60 bits per heavy atom. The molecule has 0 spiro atoms. The molecular formula is C35H42N4O4. The summed E-state index contributed by atoms with van der Waals surface area (Å²) < 4.78 is 22.2. The molecule has 2 aromatic carbocycles. The van der Waals surface area contributed by atoms with Gasteiger partial charge in [0, 0.05) is 51.7 Å². The maximum atomic E-state index is 5.58. The van der Waals surface area contributed by atoms with E-state index in [1.807, 2.05) is 30.6 Å². The van der Waals surface area contributed by atoms with Crippen LogP contribution in [0.4, 0.5) is 0 Å². The zero-order valence-corrected chi connectivity index (χ0v) is 25.9. The van der Waals surface area contributed by atoms with Gasteiger partial charge in [-0.1, -0.05) is 19.4 Å². The molecule has 4 aromatic rings. The third kappa shape index (κ3) is 7.45. The molecule has 0 N–H and O–H groups in total. The summed E-state index contributed by atoms with van der Waals surface area (Å²) in [4.78, 5) is 14.3. The van der Waals surface area contributed by atoms with E-state index in [1.54, 1.807) is 28.4 Å². The lowest BCUT2D eigenvalue weighted by Gasteiger charge is -2.34. The molecule has 0 amide bonds. The first kappa shape index (κ1) is 30.3. The number of hydrogen-bond donors (Lipinski definition) is 0. The van der Waals surface area contributed by atoms with E-state index in [-0.39, 0.29) is 0 Å². The van der Waals surface area contributed by atoms with Crippen molar-refractivity contribution in [2.24, 2.45) is 0 Å². The molecule has 1 fully saturated rings. The summed E-state index contributed by atoms with van der Waals surface area (Å²) in [7, 11) is 6.61. The smallest absolute Gasteiger partial charge is 0.203 e. The van der Waals surface area contributed by atoms with Crippen LogP contribution in [0.25, 0.3) is 22.3 Å². The number of pyridine rings is 2. The largest absolute Gasteiger partial charge is 0.497 e. The van der Waals surface area contributed by atoms with Gasteiger partial charge < -0.3 is 18.9 Å². The average molecular weight is 583 g/mol. The Morgan fingerprint density at radius 1 is 0.605 bits per heavy atom. The number of benzene rings is 2. The van der Waals surface area contributed by atoms with E-state index >= 15 is 0 Å². The lowest BCUT2D eigenvalue weighted by atomic mass is 10.0. The first-order valence-corrected chi connectivity index (χ1v) is 14.9. The Hall–Kier alpha value is -4.14. The molecule has 3 heterocycles. The van der Waals surface area contributed by atoms with Crippen molar-refractivity contribution in [2.75, 3.05) is 54.6 Å². The minimum atomic E-state index is 0.587. The second kappa shape index (κ2) is 14.4. The van der Waals surface area contributed by atoms with Crippen molar-refractivity contribution in [1.29, 1.82) is 0 Å². The van der Waals surface area contributed by atoms with E-state index in [0.29, 0.717) is 17.2 Å². The van der Waals surface area contributed by atoms with Gasteiger partial charge in [-0.3, -0.25) is 19.8 Å². The third-order valence-corrected chi connectivity index (χ3v) is 7.94. The quantitative estimate of drug-likeness (QED) is 0.198. The molecule has 1 aliphatic heterocycles. The van der Waals surface area contributed by atoms with Gasteiger partial charge in [-0.05, 0) is 82.8 Å². The zero-order valence-electron chi connectivity index (χ0n) is 25.9. The highest BCUT2D eigenvalue weighted by Crippen LogP contribution is 2.41. The maximum absolute atomic E-state index is 5.58. The molecule has 5 rings (SSSR count). The summed E-state index contributed by atoms with van der Waals surface area (Å²) in [5, 5.41) is 0.